The first-order chi connectivity index (χ1) is 10.6. The number of carbonyl (C=O) groups is 2. The molecule has 2 amide bonds. The Bertz CT molecular complexity index is 684. The molecular weight excluding hydrogens is 300 g/mol. The van der Waals surface area contributed by atoms with Crippen LogP contribution in [0.3, 0.4) is 0 Å². The highest BCUT2D eigenvalue weighted by Gasteiger charge is 2.27. The zero-order chi connectivity index (χ0) is 15.5. The second kappa shape index (κ2) is 6.29. The van der Waals surface area contributed by atoms with Crippen LogP contribution in [0.15, 0.2) is 41.1 Å². The summed E-state index contributed by atoms with van der Waals surface area (Å²) < 4.78 is 0. The largest absolute Gasteiger partial charge is 0.391 e. The molecule has 1 fully saturated rings. The number of thiophene rings is 1. The number of hydrogen-bond acceptors (Lipinski definition) is 4. The van der Waals surface area contributed by atoms with Gasteiger partial charge in [0.25, 0.3) is 11.8 Å². The van der Waals surface area contributed by atoms with Crippen molar-refractivity contribution in [2.45, 2.75) is 12.5 Å². The SMILES string of the molecule is O=C(Nc1ccccc1C(=O)N1CC[C@@H](O)C1)c1ccsc1. The van der Waals surface area contributed by atoms with Crippen molar-refractivity contribution in [1.82, 2.24) is 4.90 Å². The van der Waals surface area contributed by atoms with Crippen molar-refractivity contribution in [2.24, 2.45) is 0 Å². The number of anilines is 1. The Morgan fingerprint density at radius 1 is 1.27 bits per heavy atom. The zero-order valence-corrected chi connectivity index (χ0v) is 12.7. The van der Waals surface area contributed by atoms with E-state index in [1.54, 1.807) is 40.6 Å². The van der Waals surface area contributed by atoms with E-state index in [2.05, 4.69) is 5.32 Å². The summed E-state index contributed by atoms with van der Waals surface area (Å²) in [5.41, 5.74) is 1.51. The van der Waals surface area contributed by atoms with Gasteiger partial charge in [0.05, 0.1) is 22.9 Å². The Balaban J connectivity index is 1.81. The molecule has 2 aromatic rings. The van der Waals surface area contributed by atoms with Crippen molar-refractivity contribution < 1.29 is 14.7 Å². The number of hydrogen-bond donors (Lipinski definition) is 2. The molecule has 2 heterocycles. The number of aliphatic hydroxyl groups is 1. The molecule has 0 bridgehead atoms. The van der Waals surface area contributed by atoms with E-state index in [9.17, 15) is 14.7 Å². The maximum atomic E-state index is 12.5. The molecule has 0 spiro atoms. The third-order valence-corrected chi connectivity index (χ3v) is 4.32. The summed E-state index contributed by atoms with van der Waals surface area (Å²) in [6.07, 6.45) is 0.131. The van der Waals surface area contributed by atoms with Crippen LogP contribution in [0.25, 0.3) is 0 Å². The Morgan fingerprint density at radius 2 is 2.09 bits per heavy atom. The lowest BCUT2D eigenvalue weighted by atomic mass is 10.1. The summed E-state index contributed by atoms with van der Waals surface area (Å²) in [5, 5.41) is 16.0. The lowest BCUT2D eigenvalue weighted by molar-refractivity contribution is 0.0766. The van der Waals surface area contributed by atoms with Crippen LogP contribution in [-0.4, -0.2) is 41.0 Å². The highest BCUT2D eigenvalue weighted by molar-refractivity contribution is 7.08. The van der Waals surface area contributed by atoms with Gasteiger partial charge in [-0.1, -0.05) is 12.1 Å². The van der Waals surface area contributed by atoms with E-state index in [1.165, 1.54) is 11.3 Å². The molecule has 22 heavy (non-hydrogen) atoms. The molecular formula is C16H16N2O3S. The minimum atomic E-state index is -0.462. The number of nitrogens with zero attached hydrogens (tertiary/aromatic N) is 1. The van der Waals surface area contributed by atoms with E-state index in [0.717, 1.165) is 0 Å². The van der Waals surface area contributed by atoms with Gasteiger partial charge in [0.15, 0.2) is 0 Å². The standard InChI is InChI=1S/C16H16N2O3S/c19-12-5-7-18(9-12)16(21)13-3-1-2-4-14(13)17-15(20)11-6-8-22-10-11/h1-4,6,8,10,12,19H,5,7,9H2,(H,17,20)/t12-/m1/s1. The summed E-state index contributed by atoms with van der Waals surface area (Å²) >= 11 is 1.45. The summed E-state index contributed by atoms with van der Waals surface area (Å²) in [5.74, 6) is -0.402. The second-order valence-corrected chi connectivity index (χ2v) is 5.99. The van der Waals surface area contributed by atoms with Gasteiger partial charge in [-0.2, -0.15) is 11.3 Å². The summed E-state index contributed by atoms with van der Waals surface area (Å²) in [4.78, 5) is 26.3. The van der Waals surface area contributed by atoms with E-state index in [1.807, 2.05) is 5.38 Å². The fourth-order valence-electron chi connectivity index (χ4n) is 2.46. The number of carbonyl (C=O) groups excluding carboxylic acids is 2. The number of rotatable bonds is 3. The normalized spacial score (nSPS) is 17.5. The molecule has 0 saturated carbocycles. The average molecular weight is 316 g/mol. The molecule has 1 aliphatic heterocycles. The quantitative estimate of drug-likeness (QED) is 0.912. The van der Waals surface area contributed by atoms with Crippen LogP contribution < -0.4 is 5.32 Å². The molecule has 1 saturated heterocycles. The van der Waals surface area contributed by atoms with Gasteiger partial charge in [-0.05, 0) is 30.0 Å². The predicted octanol–water partition coefficient (Wildman–Crippen LogP) is 2.21. The second-order valence-electron chi connectivity index (χ2n) is 5.21. The highest BCUT2D eigenvalue weighted by Crippen LogP contribution is 2.21. The molecule has 0 unspecified atom stereocenters. The van der Waals surface area contributed by atoms with E-state index < -0.39 is 6.10 Å². The van der Waals surface area contributed by atoms with Crippen LogP contribution in [0.4, 0.5) is 5.69 Å². The molecule has 114 valence electrons. The molecule has 2 N–H and O–H groups in total. The Hall–Kier alpha value is -2.18. The molecule has 1 aliphatic rings. The van der Waals surface area contributed by atoms with E-state index in [4.69, 9.17) is 0 Å². The van der Waals surface area contributed by atoms with Gasteiger partial charge < -0.3 is 15.3 Å². The Kier molecular flexibility index (Phi) is 4.22. The van der Waals surface area contributed by atoms with Gasteiger partial charge >= 0.3 is 0 Å². The zero-order valence-electron chi connectivity index (χ0n) is 11.9. The van der Waals surface area contributed by atoms with Gasteiger partial charge in [0.1, 0.15) is 0 Å². The first kappa shape index (κ1) is 14.7. The number of aliphatic hydroxyl groups excluding tert-OH is 1. The fourth-order valence-corrected chi connectivity index (χ4v) is 3.10. The van der Waals surface area contributed by atoms with Crippen molar-refractivity contribution in [3.05, 3.63) is 52.2 Å². The molecule has 0 radical (unpaired) electrons. The highest BCUT2D eigenvalue weighted by atomic mass is 32.1. The minimum absolute atomic E-state index is 0.169. The third kappa shape index (κ3) is 3.03. The number of amides is 2. The first-order valence-corrected chi connectivity index (χ1v) is 7.99. The van der Waals surface area contributed by atoms with Crippen molar-refractivity contribution in [2.75, 3.05) is 18.4 Å². The fraction of sp³-hybridized carbons (Fsp3) is 0.250. The van der Waals surface area contributed by atoms with Crippen molar-refractivity contribution in [3.8, 4) is 0 Å². The molecule has 5 nitrogen and oxygen atoms in total. The number of para-hydroxylation sites is 1. The minimum Gasteiger partial charge on any atom is -0.391 e. The topological polar surface area (TPSA) is 69.6 Å². The van der Waals surface area contributed by atoms with Crippen molar-refractivity contribution in [3.63, 3.8) is 0 Å². The number of benzene rings is 1. The number of likely N-dealkylation sites (tertiary alicyclic amines) is 1. The average Bonchev–Trinajstić information content (AvgIpc) is 3.18. The van der Waals surface area contributed by atoms with Crippen LogP contribution in [0.1, 0.15) is 27.1 Å². The van der Waals surface area contributed by atoms with Gasteiger partial charge in [-0.15, -0.1) is 0 Å². The Labute approximate surface area is 132 Å². The molecule has 6 heteroatoms. The van der Waals surface area contributed by atoms with Crippen LogP contribution in [-0.2, 0) is 0 Å². The number of β-amino-alcohol motifs (C(OH)–C–C–N with tert-alkyl or cyclic N) is 1. The maximum absolute atomic E-state index is 12.5. The van der Waals surface area contributed by atoms with Crippen molar-refractivity contribution in [1.29, 1.82) is 0 Å². The van der Waals surface area contributed by atoms with Gasteiger partial charge in [0.2, 0.25) is 0 Å². The van der Waals surface area contributed by atoms with Crippen molar-refractivity contribution >= 4 is 28.8 Å². The third-order valence-electron chi connectivity index (χ3n) is 3.64. The maximum Gasteiger partial charge on any atom is 0.256 e. The lowest BCUT2D eigenvalue weighted by Gasteiger charge is -2.18. The molecule has 1 aromatic heterocycles. The molecule has 1 atom stereocenters. The van der Waals surface area contributed by atoms with E-state index in [0.29, 0.717) is 36.3 Å². The smallest absolute Gasteiger partial charge is 0.256 e. The van der Waals surface area contributed by atoms with Crippen LogP contribution in [0.2, 0.25) is 0 Å². The Morgan fingerprint density at radius 3 is 2.77 bits per heavy atom. The summed E-state index contributed by atoms with van der Waals surface area (Å²) in [7, 11) is 0. The lowest BCUT2D eigenvalue weighted by Crippen LogP contribution is -2.30. The summed E-state index contributed by atoms with van der Waals surface area (Å²) in [6.45, 7) is 0.873. The first-order valence-electron chi connectivity index (χ1n) is 7.05. The van der Waals surface area contributed by atoms with E-state index >= 15 is 0 Å². The van der Waals surface area contributed by atoms with Crippen LogP contribution >= 0.6 is 11.3 Å². The van der Waals surface area contributed by atoms with Gasteiger partial charge in [-0.3, -0.25) is 9.59 Å². The number of nitrogens with one attached hydrogen (secondary N) is 1. The predicted molar refractivity (Wildman–Crippen MR) is 85.2 cm³/mol. The molecule has 1 aromatic carbocycles. The molecule has 0 aliphatic carbocycles. The summed E-state index contributed by atoms with van der Waals surface area (Å²) in [6, 6.07) is 8.68. The van der Waals surface area contributed by atoms with Gasteiger partial charge in [0, 0.05) is 18.5 Å². The van der Waals surface area contributed by atoms with Gasteiger partial charge in [-0.25, -0.2) is 0 Å². The monoisotopic (exact) mass is 316 g/mol. The van der Waals surface area contributed by atoms with Crippen LogP contribution in [0.5, 0.6) is 0 Å². The molecule has 3 rings (SSSR count). The van der Waals surface area contributed by atoms with E-state index in [-0.39, 0.29) is 11.8 Å². The van der Waals surface area contributed by atoms with Crippen LogP contribution in [0, 0.1) is 0 Å².